The first kappa shape index (κ1) is 22.4. The Hall–Kier alpha value is -0.850. The van der Waals surface area contributed by atoms with E-state index in [4.69, 9.17) is 9.47 Å². The minimum absolute atomic E-state index is 0.238. The fraction of sp³-hybridized carbons (Fsp3) is 0.952. The maximum Gasteiger partial charge on any atom is 0.191 e. The van der Waals surface area contributed by atoms with Crippen LogP contribution in [0.4, 0.5) is 0 Å². The Morgan fingerprint density at radius 3 is 2.67 bits per heavy atom. The Morgan fingerprint density at radius 2 is 2.00 bits per heavy atom. The zero-order valence-electron chi connectivity index (χ0n) is 18.1. The van der Waals surface area contributed by atoms with Gasteiger partial charge in [-0.05, 0) is 58.0 Å². The topological polar surface area (TPSA) is 58.1 Å². The molecule has 2 N–H and O–H groups in total. The molecule has 1 aliphatic heterocycles. The molecule has 0 radical (unpaired) electrons. The van der Waals surface area contributed by atoms with Crippen LogP contribution in [-0.2, 0) is 9.47 Å². The van der Waals surface area contributed by atoms with Crippen molar-refractivity contribution in [1.29, 1.82) is 0 Å². The van der Waals surface area contributed by atoms with Gasteiger partial charge in [0.1, 0.15) is 0 Å². The van der Waals surface area contributed by atoms with Gasteiger partial charge in [-0.2, -0.15) is 0 Å². The van der Waals surface area contributed by atoms with Crippen molar-refractivity contribution in [3.05, 3.63) is 0 Å². The van der Waals surface area contributed by atoms with Crippen LogP contribution in [0, 0.1) is 11.8 Å². The van der Waals surface area contributed by atoms with Gasteiger partial charge in [-0.3, -0.25) is 4.99 Å². The van der Waals surface area contributed by atoms with Crippen molar-refractivity contribution in [3.8, 4) is 0 Å². The first-order chi connectivity index (χ1) is 13.1. The van der Waals surface area contributed by atoms with Gasteiger partial charge in [0.05, 0.1) is 0 Å². The third kappa shape index (κ3) is 7.59. The van der Waals surface area contributed by atoms with Gasteiger partial charge in [0, 0.05) is 52.1 Å². The van der Waals surface area contributed by atoms with Crippen LogP contribution in [-0.4, -0.2) is 77.1 Å². The quantitative estimate of drug-likeness (QED) is 0.364. The Balaban J connectivity index is 1.62. The summed E-state index contributed by atoms with van der Waals surface area (Å²) in [6, 6.07) is 0. The lowest BCUT2D eigenvalue weighted by Crippen LogP contribution is -2.56. The summed E-state index contributed by atoms with van der Waals surface area (Å²) >= 11 is 0. The van der Waals surface area contributed by atoms with E-state index >= 15 is 0 Å². The zero-order chi connectivity index (χ0) is 19.5. The third-order valence-electron chi connectivity index (χ3n) is 6.28. The monoisotopic (exact) mass is 382 g/mol. The van der Waals surface area contributed by atoms with E-state index in [2.05, 4.69) is 41.5 Å². The average Bonchev–Trinajstić information content (AvgIpc) is 2.67. The highest BCUT2D eigenvalue weighted by Crippen LogP contribution is 2.35. The second-order valence-electron chi connectivity index (χ2n) is 8.66. The number of hydrogen-bond donors (Lipinski definition) is 2. The second kappa shape index (κ2) is 11.9. The van der Waals surface area contributed by atoms with Crippen molar-refractivity contribution in [2.75, 3.05) is 60.7 Å². The number of guanidine groups is 1. The fourth-order valence-corrected chi connectivity index (χ4v) is 4.37. The van der Waals surface area contributed by atoms with E-state index in [9.17, 15) is 0 Å². The van der Waals surface area contributed by atoms with E-state index in [1.807, 2.05) is 7.05 Å². The lowest BCUT2D eigenvalue weighted by atomic mass is 9.75. The largest absolute Gasteiger partial charge is 0.381 e. The van der Waals surface area contributed by atoms with Gasteiger partial charge in [-0.15, -0.1) is 0 Å². The van der Waals surface area contributed by atoms with Gasteiger partial charge < -0.3 is 25.0 Å². The first-order valence-electron chi connectivity index (χ1n) is 10.8. The molecule has 1 saturated heterocycles. The molecule has 0 aromatic heterocycles. The van der Waals surface area contributed by atoms with Crippen LogP contribution in [0.25, 0.3) is 0 Å². The van der Waals surface area contributed by atoms with E-state index in [1.165, 1.54) is 25.7 Å². The molecular formula is C21H42N4O2. The van der Waals surface area contributed by atoms with Gasteiger partial charge in [0.25, 0.3) is 0 Å². The Bertz CT molecular complexity index is 438. The minimum Gasteiger partial charge on any atom is -0.381 e. The Labute approximate surface area is 166 Å². The lowest BCUT2D eigenvalue weighted by molar-refractivity contribution is 0.0203. The Kier molecular flexibility index (Phi) is 9.87. The molecule has 6 heteroatoms. The number of hydrogen-bond acceptors (Lipinski definition) is 4. The minimum atomic E-state index is 0.238. The molecule has 2 rings (SSSR count). The third-order valence-corrected chi connectivity index (χ3v) is 6.28. The molecule has 0 aromatic rings. The molecule has 6 nitrogen and oxygen atoms in total. The first-order valence-corrected chi connectivity index (χ1v) is 10.8. The number of ether oxygens (including phenoxy) is 2. The highest BCUT2D eigenvalue weighted by Gasteiger charge is 2.36. The van der Waals surface area contributed by atoms with Crippen LogP contribution in [0.15, 0.2) is 4.99 Å². The highest BCUT2D eigenvalue weighted by molar-refractivity contribution is 5.79. The summed E-state index contributed by atoms with van der Waals surface area (Å²) in [5.41, 5.74) is 0.238. The molecule has 1 aliphatic carbocycles. The van der Waals surface area contributed by atoms with Crippen molar-refractivity contribution in [3.63, 3.8) is 0 Å². The van der Waals surface area contributed by atoms with Crippen molar-refractivity contribution >= 4 is 5.96 Å². The molecule has 2 atom stereocenters. The van der Waals surface area contributed by atoms with Gasteiger partial charge in [-0.25, -0.2) is 0 Å². The standard InChI is InChI=1S/C21H42N4O2/c1-18-7-5-10-21(15-18,25(3)4)17-24-20(22-2)23-11-6-12-27-16-19-8-13-26-14-9-19/h18-19H,5-17H2,1-4H3,(H2,22,23,24). The van der Waals surface area contributed by atoms with Gasteiger partial charge in [0.15, 0.2) is 5.96 Å². The van der Waals surface area contributed by atoms with E-state index in [0.717, 1.165) is 70.7 Å². The maximum atomic E-state index is 5.84. The smallest absolute Gasteiger partial charge is 0.191 e. The molecule has 2 unspecified atom stereocenters. The Morgan fingerprint density at radius 1 is 1.22 bits per heavy atom. The number of likely N-dealkylation sites (N-methyl/N-ethyl adjacent to an activating group) is 1. The summed E-state index contributed by atoms with van der Waals surface area (Å²) in [6.07, 6.45) is 8.47. The van der Waals surface area contributed by atoms with Crippen LogP contribution in [0.2, 0.25) is 0 Å². The van der Waals surface area contributed by atoms with Crippen LogP contribution >= 0.6 is 0 Å². The van der Waals surface area contributed by atoms with Crippen molar-refractivity contribution in [2.24, 2.45) is 16.8 Å². The zero-order valence-corrected chi connectivity index (χ0v) is 18.1. The number of nitrogens with one attached hydrogen (secondary N) is 2. The summed E-state index contributed by atoms with van der Waals surface area (Å²) < 4.78 is 11.2. The molecule has 1 heterocycles. The predicted molar refractivity (Wildman–Crippen MR) is 112 cm³/mol. The van der Waals surface area contributed by atoms with Gasteiger partial charge in [-0.1, -0.05) is 19.8 Å². The summed E-state index contributed by atoms with van der Waals surface area (Å²) in [6.45, 7) is 7.68. The van der Waals surface area contributed by atoms with Crippen LogP contribution in [0.5, 0.6) is 0 Å². The molecule has 158 valence electrons. The van der Waals surface area contributed by atoms with Crippen LogP contribution in [0.1, 0.15) is 51.9 Å². The summed E-state index contributed by atoms with van der Waals surface area (Å²) in [5, 5.41) is 7.00. The van der Waals surface area contributed by atoms with E-state index in [0.29, 0.717) is 5.92 Å². The second-order valence-corrected chi connectivity index (χ2v) is 8.66. The molecular weight excluding hydrogens is 340 g/mol. The molecule has 0 bridgehead atoms. The fourth-order valence-electron chi connectivity index (χ4n) is 4.37. The molecule has 2 fully saturated rings. The highest BCUT2D eigenvalue weighted by atomic mass is 16.5. The molecule has 0 spiro atoms. The summed E-state index contributed by atoms with van der Waals surface area (Å²) in [4.78, 5) is 6.80. The van der Waals surface area contributed by atoms with Gasteiger partial charge >= 0.3 is 0 Å². The van der Waals surface area contributed by atoms with Crippen LogP contribution < -0.4 is 10.6 Å². The molecule has 2 aliphatic rings. The van der Waals surface area contributed by atoms with Crippen molar-refractivity contribution in [2.45, 2.75) is 57.4 Å². The molecule has 0 aromatic carbocycles. The molecule has 27 heavy (non-hydrogen) atoms. The average molecular weight is 383 g/mol. The number of nitrogens with zero attached hydrogens (tertiary/aromatic N) is 2. The summed E-state index contributed by atoms with van der Waals surface area (Å²) in [5.74, 6) is 2.38. The van der Waals surface area contributed by atoms with Crippen molar-refractivity contribution < 1.29 is 9.47 Å². The lowest BCUT2D eigenvalue weighted by Gasteiger charge is -2.45. The van der Waals surface area contributed by atoms with Crippen molar-refractivity contribution in [1.82, 2.24) is 15.5 Å². The molecule has 1 saturated carbocycles. The van der Waals surface area contributed by atoms with Gasteiger partial charge in [0.2, 0.25) is 0 Å². The van der Waals surface area contributed by atoms with E-state index < -0.39 is 0 Å². The molecule has 0 amide bonds. The normalized spacial score (nSPS) is 27.7. The van der Waals surface area contributed by atoms with E-state index in [1.54, 1.807) is 0 Å². The van der Waals surface area contributed by atoms with Crippen LogP contribution in [0.3, 0.4) is 0 Å². The SMILES string of the molecule is CN=C(NCCCOCC1CCOCC1)NCC1(N(C)C)CCCC(C)C1. The number of rotatable bonds is 9. The summed E-state index contributed by atoms with van der Waals surface area (Å²) in [7, 11) is 6.28. The maximum absolute atomic E-state index is 5.84. The number of aliphatic imine (C=N–C) groups is 1. The predicted octanol–water partition coefficient (Wildman–Crippen LogP) is 2.50. The van der Waals surface area contributed by atoms with E-state index in [-0.39, 0.29) is 5.54 Å².